The normalized spacial score (nSPS) is 26.5. The van der Waals surface area contributed by atoms with Crippen LogP contribution in [0.25, 0.3) is 0 Å². The Bertz CT molecular complexity index is 478. The molecule has 2 bridgehead atoms. The van der Waals surface area contributed by atoms with E-state index in [9.17, 15) is 10.1 Å². The van der Waals surface area contributed by atoms with Crippen LogP contribution >= 0.6 is 15.9 Å². The van der Waals surface area contributed by atoms with Gasteiger partial charge in [-0.15, -0.1) is 0 Å². The highest BCUT2D eigenvalue weighted by molar-refractivity contribution is 9.10. The summed E-state index contributed by atoms with van der Waals surface area (Å²) in [6.07, 6.45) is 3.66. The van der Waals surface area contributed by atoms with Crippen molar-refractivity contribution in [1.29, 1.82) is 0 Å². The fraction of sp³-hybridized carbons (Fsp3) is 0.500. The van der Waals surface area contributed by atoms with Crippen LogP contribution in [0, 0.1) is 16.0 Å². The third-order valence-electron chi connectivity index (χ3n) is 3.85. The van der Waals surface area contributed by atoms with Crippen LogP contribution in [-0.4, -0.2) is 17.5 Å². The van der Waals surface area contributed by atoms with E-state index in [0.717, 1.165) is 22.6 Å². The number of nitro groups is 1. The Hall–Kier alpha value is -1.10. The first kappa shape index (κ1) is 11.0. The van der Waals surface area contributed by atoms with Crippen LogP contribution in [0.5, 0.6) is 0 Å². The van der Waals surface area contributed by atoms with E-state index in [0.29, 0.717) is 6.04 Å². The Morgan fingerprint density at radius 3 is 2.82 bits per heavy atom. The Kier molecular flexibility index (Phi) is 2.58. The van der Waals surface area contributed by atoms with Gasteiger partial charge < -0.3 is 4.90 Å². The second kappa shape index (κ2) is 3.98. The molecule has 17 heavy (non-hydrogen) atoms. The van der Waals surface area contributed by atoms with Crippen molar-refractivity contribution in [2.24, 2.45) is 5.92 Å². The number of halogens is 1. The number of nitro benzene ring substituents is 1. The molecular formula is C12H13BrN2O2. The maximum Gasteiger partial charge on any atom is 0.293 e. The minimum atomic E-state index is -0.286. The maximum atomic E-state index is 11.1. The number of piperidine rings is 1. The quantitative estimate of drug-likeness (QED) is 0.621. The topological polar surface area (TPSA) is 46.4 Å². The lowest BCUT2D eigenvalue weighted by Gasteiger charge is -2.28. The van der Waals surface area contributed by atoms with Gasteiger partial charge in [-0.2, -0.15) is 0 Å². The molecule has 1 saturated heterocycles. The zero-order valence-corrected chi connectivity index (χ0v) is 10.9. The number of nitrogens with zero attached hydrogens (tertiary/aromatic N) is 2. The van der Waals surface area contributed by atoms with Crippen molar-refractivity contribution in [3.63, 3.8) is 0 Å². The molecule has 4 nitrogen and oxygen atoms in total. The summed E-state index contributed by atoms with van der Waals surface area (Å²) in [5, 5.41) is 11.1. The van der Waals surface area contributed by atoms with Gasteiger partial charge >= 0.3 is 0 Å². The lowest BCUT2D eigenvalue weighted by Crippen LogP contribution is -2.32. The monoisotopic (exact) mass is 296 g/mol. The molecule has 0 N–H and O–H groups in total. The summed E-state index contributed by atoms with van der Waals surface area (Å²) in [4.78, 5) is 13.0. The first-order chi connectivity index (χ1) is 8.15. The van der Waals surface area contributed by atoms with Gasteiger partial charge in [0.1, 0.15) is 5.69 Å². The van der Waals surface area contributed by atoms with E-state index in [1.165, 1.54) is 19.3 Å². The van der Waals surface area contributed by atoms with Crippen molar-refractivity contribution < 1.29 is 4.92 Å². The van der Waals surface area contributed by atoms with Crippen LogP contribution in [0.4, 0.5) is 11.4 Å². The minimum absolute atomic E-state index is 0.215. The smallest absolute Gasteiger partial charge is 0.293 e. The van der Waals surface area contributed by atoms with Gasteiger partial charge in [0.2, 0.25) is 0 Å². The third-order valence-corrected chi connectivity index (χ3v) is 4.35. The second-order valence-electron chi connectivity index (χ2n) is 4.88. The molecule has 2 unspecified atom stereocenters. The Morgan fingerprint density at radius 1 is 1.41 bits per heavy atom. The van der Waals surface area contributed by atoms with Gasteiger partial charge in [-0.05, 0) is 37.3 Å². The van der Waals surface area contributed by atoms with E-state index in [2.05, 4.69) is 20.8 Å². The molecule has 1 aromatic carbocycles. The fourth-order valence-electron chi connectivity index (χ4n) is 3.11. The van der Waals surface area contributed by atoms with Crippen molar-refractivity contribution in [3.8, 4) is 0 Å². The molecule has 0 spiro atoms. The number of fused-ring (bicyclic) bond motifs is 2. The highest BCUT2D eigenvalue weighted by Gasteiger charge is 2.39. The second-order valence-corrected chi connectivity index (χ2v) is 5.79. The number of benzene rings is 1. The zero-order chi connectivity index (χ0) is 12.0. The van der Waals surface area contributed by atoms with E-state index in [1.807, 2.05) is 12.1 Å². The largest absolute Gasteiger partial charge is 0.363 e. The van der Waals surface area contributed by atoms with Crippen LogP contribution < -0.4 is 4.90 Å². The first-order valence-corrected chi connectivity index (χ1v) is 6.65. The number of rotatable bonds is 2. The lowest BCUT2D eigenvalue weighted by molar-refractivity contribution is -0.384. The molecule has 1 aromatic rings. The van der Waals surface area contributed by atoms with Crippen molar-refractivity contribution in [1.82, 2.24) is 0 Å². The highest BCUT2D eigenvalue weighted by atomic mass is 79.9. The van der Waals surface area contributed by atoms with Crippen molar-refractivity contribution in [2.75, 3.05) is 11.4 Å². The van der Waals surface area contributed by atoms with Crippen molar-refractivity contribution in [2.45, 2.75) is 25.3 Å². The summed E-state index contributed by atoms with van der Waals surface area (Å²) in [6, 6.07) is 5.86. The van der Waals surface area contributed by atoms with E-state index in [1.54, 1.807) is 6.07 Å². The van der Waals surface area contributed by atoms with Crippen molar-refractivity contribution >= 4 is 27.3 Å². The van der Waals surface area contributed by atoms with Gasteiger partial charge in [0, 0.05) is 23.1 Å². The summed E-state index contributed by atoms with van der Waals surface area (Å²) in [6.45, 7) is 0.979. The summed E-state index contributed by atoms with van der Waals surface area (Å²) in [5.41, 5.74) is 0.998. The zero-order valence-electron chi connectivity index (χ0n) is 9.30. The highest BCUT2D eigenvalue weighted by Crippen LogP contribution is 2.43. The molecule has 90 valence electrons. The SMILES string of the molecule is O=[N+]([O-])c1cc(Br)ccc1N1CC2CCC1C2. The molecule has 1 aliphatic heterocycles. The van der Waals surface area contributed by atoms with E-state index in [4.69, 9.17) is 0 Å². The summed E-state index contributed by atoms with van der Waals surface area (Å²) in [7, 11) is 0. The van der Waals surface area contributed by atoms with Crippen LogP contribution in [0.2, 0.25) is 0 Å². The Morgan fingerprint density at radius 2 is 2.24 bits per heavy atom. The number of hydrogen-bond acceptors (Lipinski definition) is 3. The fourth-order valence-corrected chi connectivity index (χ4v) is 3.45. The van der Waals surface area contributed by atoms with Crippen LogP contribution in [-0.2, 0) is 0 Å². The standard InChI is InChI=1S/C12H13BrN2O2/c13-9-2-4-11(12(6-9)15(16)17)14-7-8-1-3-10(14)5-8/h2,4,6,8,10H,1,3,5,7H2. The molecule has 2 atom stereocenters. The molecule has 1 saturated carbocycles. The summed E-state index contributed by atoms with van der Waals surface area (Å²) < 4.78 is 0.761. The minimum Gasteiger partial charge on any atom is -0.363 e. The molecule has 0 amide bonds. The van der Waals surface area contributed by atoms with Gasteiger partial charge in [-0.1, -0.05) is 15.9 Å². The molecule has 3 rings (SSSR count). The van der Waals surface area contributed by atoms with Crippen LogP contribution in [0.3, 0.4) is 0 Å². The molecule has 1 aliphatic carbocycles. The predicted molar refractivity (Wildman–Crippen MR) is 69.3 cm³/mol. The van der Waals surface area contributed by atoms with E-state index in [-0.39, 0.29) is 10.6 Å². The summed E-state index contributed by atoms with van der Waals surface area (Å²) in [5.74, 6) is 0.739. The average Bonchev–Trinajstić information content (AvgIpc) is 2.90. The summed E-state index contributed by atoms with van der Waals surface area (Å²) >= 11 is 3.29. The molecule has 2 aliphatic rings. The van der Waals surface area contributed by atoms with E-state index >= 15 is 0 Å². The number of hydrogen-bond donors (Lipinski definition) is 0. The average molecular weight is 297 g/mol. The molecule has 5 heteroatoms. The van der Waals surface area contributed by atoms with Gasteiger partial charge in [0.25, 0.3) is 5.69 Å². The van der Waals surface area contributed by atoms with Crippen LogP contribution in [0.1, 0.15) is 19.3 Å². The predicted octanol–water partition coefficient (Wildman–Crippen LogP) is 3.35. The van der Waals surface area contributed by atoms with Gasteiger partial charge in [-0.25, -0.2) is 0 Å². The Labute approximate surface area is 108 Å². The third kappa shape index (κ3) is 1.82. The molecule has 1 heterocycles. The molecule has 0 radical (unpaired) electrons. The lowest BCUT2D eigenvalue weighted by atomic mass is 10.1. The first-order valence-electron chi connectivity index (χ1n) is 5.86. The van der Waals surface area contributed by atoms with E-state index < -0.39 is 0 Å². The van der Waals surface area contributed by atoms with Gasteiger partial charge in [0.15, 0.2) is 0 Å². The maximum absolute atomic E-state index is 11.1. The van der Waals surface area contributed by atoms with Gasteiger partial charge in [0.05, 0.1) is 4.92 Å². The van der Waals surface area contributed by atoms with Gasteiger partial charge in [-0.3, -0.25) is 10.1 Å². The van der Waals surface area contributed by atoms with Crippen LogP contribution in [0.15, 0.2) is 22.7 Å². The van der Waals surface area contributed by atoms with Crippen molar-refractivity contribution in [3.05, 3.63) is 32.8 Å². The Balaban J connectivity index is 2.00. The molecular weight excluding hydrogens is 284 g/mol. The molecule has 2 fully saturated rings. The molecule has 0 aromatic heterocycles. The number of anilines is 1.